The Morgan fingerprint density at radius 2 is 2.19 bits per heavy atom. The highest BCUT2D eigenvalue weighted by molar-refractivity contribution is 6.00. The first-order chi connectivity index (χ1) is 7.54. The minimum atomic E-state index is -0.196. The molecule has 0 bridgehead atoms. The lowest BCUT2D eigenvalue weighted by atomic mass is 9.78. The molecule has 4 heteroatoms. The van der Waals surface area contributed by atoms with Crippen molar-refractivity contribution in [3.05, 3.63) is 23.8 Å². The van der Waals surface area contributed by atoms with Gasteiger partial charge in [0.2, 0.25) is 12.3 Å². The van der Waals surface area contributed by atoms with E-state index in [9.17, 15) is 9.59 Å². The van der Waals surface area contributed by atoms with Crippen LogP contribution in [-0.2, 0) is 15.0 Å². The SMILES string of the molecule is CC1(C)CC(=O)Nc2c(NC=O)cccc21. The van der Waals surface area contributed by atoms with Crippen molar-refractivity contribution < 1.29 is 9.59 Å². The summed E-state index contributed by atoms with van der Waals surface area (Å²) in [6.07, 6.45) is 1.08. The average molecular weight is 218 g/mol. The van der Waals surface area contributed by atoms with Crippen LogP contribution in [0.15, 0.2) is 18.2 Å². The number of carbonyl (C=O) groups excluding carboxylic acids is 2. The number of fused-ring (bicyclic) bond motifs is 1. The Bertz CT molecular complexity index is 452. The van der Waals surface area contributed by atoms with Gasteiger partial charge in [-0.15, -0.1) is 0 Å². The van der Waals surface area contributed by atoms with E-state index in [4.69, 9.17) is 0 Å². The van der Waals surface area contributed by atoms with E-state index in [0.29, 0.717) is 18.5 Å². The summed E-state index contributed by atoms with van der Waals surface area (Å²) in [6.45, 7) is 4.05. The number of anilines is 2. The van der Waals surface area contributed by atoms with Gasteiger partial charge in [-0.3, -0.25) is 9.59 Å². The van der Waals surface area contributed by atoms with Crippen molar-refractivity contribution >= 4 is 23.7 Å². The number of rotatable bonds is 2. The molecule has 0 saturated heterocycles. The molecule has 0 spiro atoms. The molecule has 2 rings (SSSR count). The Hall–Kier alpha value is -1.84. The quantitative estimate of drug-likeness (QED) is 0.744. The van der Waals surface area contributed by atoms with Crippen LogP contribution in [0.1, 0.15) is 25.8 Å². The molecule has 1 aromatic carbocycles. The second kappa shape index (κ2) is 3.63. The van der Waals surface area contributed by atoms with Crippen LogP contribution in [0.25, 0.3) is 0 Å². The number of benzene rings is 1. The Morgan fingerprint density at radius 1 is 1.44 bits per heavy atom. The maximum atomic E-state index is 11.6. The monoisotopic (exact) mass is 218 g/mol. The summed E-state index contributed by atoms with van der Waals surface area (Å²) >= 11 is 0. The smallest absolute Gasteiger partial charge is 0.225 e. The van der Waals surface area contributed by atoms with Gasteiger partial charge in [-0.2, -0.15) is 0 Å². The van der Waals surface area contributed by atoms with Gasteiger partial charge >= 0.3 is 0 Å². The highest BCUT2D eigenvalue weighted by Crippen LogP contribution is 2.40. The van der Waals surface area contributed by atoms with E-state index >= 15 is 0 Å². The number of nitrogens with one attached hydrogen (secondary N) is 2. The van der Waals surface area contributed by atoms with Crippen LogP contribution in [0.4, 0.5) is 11.4 Å². The van der Waals surface area contributed by atoms with Crippen molar-refractivity contribution in [1.82, 2.24) is 0 Å². The van der Waals surface area contributed by atoms with Crippen LogP contribution in [0.3, 0.4) is 0 Å². The van der Waals surface area contributed by atoms with E-state index in [0.717, 1.165) is 11.3 Å². The van der Waals surface area contributed by atoms with Gasteiger partial charge in [0, 0.05) is 11.8 Å². The number of amides is 2. The molecule has 1 heterocycles. The predicted octanol–water partition coefficient (Wildman–Crippen LogP) is 1.87. The molecule has 2 N–H and O–H groups in total. The van der Waals surface area contributed by atoms with Crippen molar-refractivity contribution in [2.45, 2.75) is 25.7 Å². The third-order valence-corrected chi connectivity index (χ3v) is 2.87. The lowest BCUT2D eigenvalue weighted by molar-refractivity contribution is -0.117. The molecule has 0 aromatic heterocycles. The first-order valence-electron chi connectivity index (χ1n) is 5.18. The molecule has 16 heavy (non-hydrogen) atoms. The standard InChI is InChI=1S/C12H14N2O2/c1-12(2)6-10(16)14-11-8(12)4-3-5-9(11)13-7-15/h3-5,7H,6H2,1-2H3,(H,13,15)(H,14,16). The maximum absolute atomic E-state index is 11.6. The van der Waals surface area contributed by atoms with Gasteiger partial charge < -0.3 is 10.6 Å². The number of hydrogen-bond donors (Lipinski definition) is 2. The van der Waals surface area contributed by atoms with Crippen LogP contribution >= 0.6 is 0 Å². The number of carbonyl (C=O) groups is 2. The molecule has 0 radical (unpaired) electrons. The lowest BCUT2D eigenvalue weighted by Gasteiger charge is -2.33. The zero-order valence-corrected chi connectivity index (χ0v) is 9.33. The fourth-order valence-electron chi connectivity index (χ4n) is 2.11. The molecule has 1 aliphatic rings. The maximum Gasteiger partial charge on any atom is 0.225 e. The Morgan fingerprint density at radius 3 is 2.88 bits per heavy atom. The topological polar surface area (TPSA) is 58.2 Å². The third kappa shape index (κ3) is 1.66. The summed E-state index contributed by atoms with van der Waals surface area (Å²) in [5, 5.41) is 5.41. The normalized spacial score (nSPS) is 17.2. The molecular formula is C12H14N2O2. The average Bonchev–Trinajstić information content (AvgIpc) is 2.18. The molecule has 4 nitrogen and oxygen atoms in total. The molecule has 0 aliphatic carbocycles. The molecule has 1 aliphatic heterocycles. The van der Waals surface area contributed by atoms with Crippen molar-refractivity contribution in [3.8, 4) is 0 Å². The lowest BCUT2D eigenvalue weighted by Crippen LogP contribution is -2.32. The van der Waals surface area contributed by atoms with E-state index in [2.05, 4.69) is 10.6 Å². The van der Waals surface area contributed by atoms with Crippen LogP contribution in [0, 0.1) is 0 Å². The Balaban J connectivity index is 2.57. The van der Waals surface area contributed by atoms with Crippen LogP contribution in [0.5, 0.6) is 0 Å². The highest BCUT2D eigenvalue weighted by atomic mass is 16.1. The molecule has 0 unspecified atom stereocenters. The van der Waals surface area contributed by atoms with Crippen molar-refractivity contribution in [3.63, 3.8) is 0 Å². The zero-order chi connectivity index (χ0) is 11.8. The summed E-state index contributed by atoms with van der Waals surface area (Å²) in [4.78, 5) is 22.0. The summed E-state index contributed by atoms with van der Waals surface area (Å²) in [6, 6.07) is 5.63. The number of hydrogen-bond acceptors (Lipinski definition) is 2. The second-order valence-corrected chi connectivity index (χ2v) is 4.60. The van der Waals surface area contributed by atoms with Crippen LogP contribution in [-0.4, -0.2) is 12.3 Å². The van der Waals surface area contributed by atoms with Gasteiger partial charge in [0.15, 0.2) is 0 Å². The van der Waals surface area contributed by atoms with Crippen LogP contribution in [0.2, 0.25) is 0 Å². The minimum Gasteiger partial charge on any atom is -0.327 e. The highest BCUT2D eigenvalue weighted by Gasteiger charge is 2.32. The van der Waals surface area contributed by atoms with Gasteiger partial charge in [0.05, 0.1) is 11.4 Å². The fraction of sp³-hybridized carbons (Fsp3) is 0.333. The summed E-state index contributed by atoms with van der Waals surface area (Å²) in [5.41, 5.74) is 2.22. The predicted molar refractivity (Wildman–Crippen MR) is 62.4 cm³/mol. The first-order valence-corrected chi connectivity index (χ1v) is 5.18. The molecule has 0 saturated carbocycles. The molecule has 84 valence electrons. The minimum absolute atomic E-state index is 0.0161. The van der Waals surface area contributed by atoms with E-state index in [-0.39, 0.29) is 11.3 Å². The first kappa shape index (κ1) is 10.7. The zero-order valence-electron chi connectivity index (χ0n) is 9.33. The fourth-order valence-corrected chi connectivity index (χ4v) is 2.11. The van der Waals surface area contributed by atoms with Gasteiger partial charge in [-0.1, -0.05) is 26.0 Å². The van der Waals surface area contributed by atoms with Crippen molar-refractivity contribution in [1.29, 1.82) is 0 Å². The largest absolute Gasteiger partial charge is 0.327 e. The van der Waals surface area contributed by atoms with E-state index in [1.54, 1.807) is 6.07 Å². The molecule has 1 aromatic rings. The van der Waals surface area contributed by atoms with E-state index < -0.39 is 0 Å². The van der Waals surface area contributed by atoms with Gasteiger partial charge in [0.25, 0.3) is 0 Å². The Labute approximate surface area is 94.0 Å². The summed E-state index contributed by atoms with van der Waals surface area (Å²) in [5.74, 6) is -0.0161. The summed E-state index contributed by atoms with van der Waals surface area (Å²) < 4.78 is 0. The van der Waals surface area contributed by atoms with Gasteiger partial charge in [-0.25, -0.2) is 0 Å². The molecule has 0 fully saturated rings. The summed E-state index contributed by atoms with van der Waals surface area (Å²) in [7, 11) is 0. The van der Waals surface area contributed by atoms with E-state index in [1.807, 2.05) is 26.0 Å². The van der Waals surface area contributed by atoms with Crippen LogP contribution < -0.4 is 10.6 Å². The molecular weight excluding hydrogens is 204 g/mol. The van der Waals surface area contributed by atoms with Gasteiger partial charge in [-0.05, 0) is 11.6 Å². The van der Waals surface area contributed by atoms with Crippen molar-refractivity contribution in [2.75, 3.05) is 10.6 Å². The van der Waals surface area contributed by atoms with Gasteiger partial charge in [0.1, 0.15) is 0 Å². The number of para-hydroxylation sites is 1. The Kier molecular flexibility index (Phi) is 2.42. The van der Waals surface area contributed by atoms with Crippen molar-refractivity contribution in [2.24, 2.45) is 0 Å². The van der Waals surface area contributed by atoms with E-state index in [1.165, 1.54) is 0 Å². The molecule has 0 atom stereocenters. The third-order valence-electron chi connectivity index (χ3n) is 2.87. The second-order valence-electron chi connectivity index (χ2n) is 4.60. The molecule has 2 amide bonds.